The van der Waals surface area contributed by atoms with Crippen LogP contribution in [0.2, 0.25) is 5.02 Å². The van der Waals surface area contributed by atoms with Crippen molar-refractivity contribution < 1.29 is 13.9 Å². The van der Waals surface area contributed by atoms with E-state index >= 15 is 0 Å². The quantitative estimate of drug-likeness (QED) is 0.873. The lowest BCUT2D eigenvalue weighted by molar-refractivity contribution is 0.219. The van der Waals surface area contributed by atoms with Gasteiger partial charge in [-0.15, -0.1) is 0 Å². The highest BCUT2D eigenvalue weighted by atomic mass is 35.5. The maximum Gasteiger partial charge on any atom is 0.159 e. The van der Waals surface area contributed by atoms with E-state index in [4.69, 9.17) is 11.6 Å². The Morgan fingerprint density at radius 3 is 2.44 bits per heavy atom. The van der Waals surface area contributed by atoms with E-state index < -0.39 is 17.7 Å². The number of aryl methyl sites for hydroxylation is 1. The van der Waals surface area contributed by atoms with Gasteiger partial charge in [-0.2, -0.15) is 0 Å². The van der Waals surface area contributed by atoms with Crippen LogP contribution in [0, 0.1) is 18.6 Å². The van der Waals surface area contributed by atoms with Crippen LogP contribution in [0.15, 0.2) is 36.4 Å². The van der Waals surface area contributed by atoms with Crippen molar-refractivity contribution >= 4 is 11.6 Å². The molecule has 1 atom stereocenters. The first-order valence-corrected chi connectivity index (χ1v) is 5.76. The maximum absolute atomic E-state index is 13.1. The lowest BCUT2D eigenvalue weighted by atomic mass is 9.97. The smallest absolute Gasteiger partial charge is 0.159 e. The summed E-state index contributed by atoms with van der Waals surface area (Å²) in [5.74, 6) is -1.92. The van der Waals surface area contributed by atoms with Gasteiger partial charge in [0.1, 0.15) is 6.10 Å². The van der Waals surface area contributed by atoms with Gasteiger partial charge < -0.3 is 5.11 Å². The molecule has 1 N–H and O–H groups in total. The molecule has 2 aromatic carbocycles. The summed E-state index contributed by atoms with van der Waals surface area (Å²) in [6.07, 6.45) is -1.03. The van der Waals surface area contributed by atoms with Gasteiger partial charge in [-0.3, -0.25) is 0 Å². The number of benzene rings is 2. The summed E-state index contributed by atoms with van der Waals surface area (Å²) in [5.41, 5.74) is 1.70. The molecule has 2 rings (SSSR count). The van der Waals surface area contributed by atoms with Gasteiger partial charge in [-0.25, -0.2) is 8.78 Å². The second kappa shape index (κ2) is 5.04. The van der Waals surface area contributed by atoms with E-state index in [1.807, 2.05) is 6.92 Å². The Morgan fingerprint density at radius 1 is 1.06 bits per heavy atom. The van der Waals surface area contributed by atoms with Crippen molar-refractivity contribution in [2.24, 2.45) is 0 Å². The molecule has 0 bridgehead atoms. The van der Waals surface area contributed by atoms with E-state index in [0.717, 1.165) is 17.7 Å². The first kappa shape index (κ1) is 13.0. The molecule has 0 saturated heterocycles. The summed E-state index contributed by atoms with van der Waals surface area (Å²) in [5, 5.41) is 10.6. The van der Waals surface area contributed by atoms with Gasteiger partial charge >= 0.3 is 0 Å². The van der Waals surface area contributed by atoms with Gasteiger partial charge in [0.15, 0.2) is 11.6 Å². The van der Waals surface area contributed by atoms with Gasteiger partial charge in [-0.1, -0.05) is 23.7 Å². The molecule has 0 aliphatic heterocycles. The Labute approximate surface area is 109 Å². The molecule has 0 amide bonds. The SMILES string of the molecule is Cc1ccc(Cl)cc1C(O)c1ccc(F)c(F)c1. The Kier molecular flexibility index (Phi) is 3.64. The van der Waals surface area contributed by atoms with Crippen molar-refractivity contribution in [3.05, 3.63) is 69.7 Å². The maximum atomic E-state index is 13.1. The minimum Gasteiger partial charge on any atom is -0.384 e. The van der Waals surface area contributed by atoms with E-state index in [2.05, 4.69) is 0 Å². The van der Waals surface area contributed by atoms with Crippen molar-refractivity contribution in [3.8, 4) is 0 Å². The van der Waals surface area contributed by atoms with Crippen LogP contribution in [-0.4, -0.2) is 5.11 Å². The van der Waals surface area contributed by atoms with Crippen LogP contribution in [0.25, 0.3) is 0 Å². The highest BCUT2D eigenvalue weighted by Gasteiger charge is 2.15. The molecule has 0 fully saturated rings. The highest BCUT2D eigenvalue weighted by molar-refractivity contribution is 6.30. The van der Waals surface area contributed by atoms with Crippen LogP contribution in [-0.2, 0) is 0 Å². The number of hydrogen-bond acceptors (Lipinski definition) is 1. The lowest BCUT2D eigenvalue weighted by Crippen LogP contribution is -2.03. The minimum absolute atomic E-state index is 0.291. The number of rotatable bonds is 2. The van der Waals surface area contributed by atoms with Gasteiger partial charge in [-0.05, 0) is 47.9 Å². The van der Waals surface area contributed by atoms with Crippen molar-refractivity contribution in [1.29, 1.82) is 0 Å². The van der Waals surface area contributed by atoms with Crippen molar-refractivity contribution in [3.63, 3.8) is 0 Å². The molecule has 0 spiro atoms. The van der Waals surface area contributed by atoms with Crippen LogP contribution >= 0.6 is 11.6 Å². The zero-order valence-corrected chi connectivity index (χ0v) is 10.4. The van der Waals surface area contributed by atoms with Crippen molar-refractivity contribution in [2.45, 2.75) is 13.0 Å². The predicted octanol–water partition coefficient (Wildman–Crippen LogP) is 4.01. The average molecular weight is 269 g/mol. The van der Waals surface area contributed by atoms with Gasteiger partial charge in [0, 0.05) is 5.02 Å². The van der Waals surface area contributed by atoms with Crippen molar-refractivity contribution in [1.82, 2.24) is 0 Å². The molecule has 0 aliphatic rings. The third kappa shape index (κ3) is 2.52. The first-order valence-electron chi connectivity index (χ1n) is 5.38. The average Bonchev–Trinajstić information content (AvgIpc) is 2.35. The fraction of sp³-hybridized carbons (Fsp3) is 0.143. The number of aliphatic hydroxyl groups excluding tert-OH is 1. The van der Waals surface area contributed by atoms with Crippen LogP contribution in [0.4, 0.5) is 8.78 Å². The lowest BCUT2D eigenvalue weighted by Gasteiger charge is -2.14. The Hall–Kier alpha value is -1.45. The fourth-order valence-corrected chi connectivity index (χ4v) is 1.95. The molecule has 0 aliphatic carbocycles. The molecular formula is C14H11ClF2O. The summed E-state index contributed by atoms with van der Waals surface area (Å²) in [7, 11) is 0. The van der Waals surface area contributed by atoms with Crippen LogP contribution in [0.5, 0.6) is 0 Å². The molecule has 94 valence electrons. The molecule has 18 heavy (non-hydrogen) atoms. The van der Waals surface area contributed by atoms with Gasteiger partial charge in [0.05, 0.1) is 0 Å². The third-order valence-corrected chi connectivity index (χ3v) is 3.03. The van der Waals surface area contributed by atoms with Crippen LogP contribution in [0.3, 0.4) is 0 Å². The summed E-state index contributed by atoms with van der Waals surface area (Å²) in [6, 6.07) is 8.42. The summed E-state index contributed by atoms with van der Waals surface area (Å²) >= 11 is 5.86. The Bertz CT molecular complexity index is 584. The van der Waals surface area contributed by atoms with E-state index in [1.165, 1.54) is 6.07 Å². The summed E-state index contributed by atoms with van der Waals surface area (Å²) < 4.78 is 26.0. The van der Waals surface area contributed by atoms with E-state index in [9.17, 15) is 13.9 Å². The normalized spacial score (nSPS) is 12.5. The first-order chi connectivity index (χ1) is 8.49. The Morgan fingerprint density at radius 2 is 1.78 bits per heavy atom. The topological polar surface area (TPSA) is 20.2 Å². The molecule has 4 heteroatoms. The fourth-order valence-electron chi connectivity index (χ4n) is 1.77. The third-order valence-electron chi connectivity index (χ3n) is 2.80. The van der Waals surface area contributed by atoms with E-state index in [0.29, 0.717) is 16.1 Å². The number of aliphatic hydroxyl groups is 1. The number of halogens is 3. The van der Waals surface area contributed by atoms with Gasteiger partial charge in [0.2, 0.25) is 0 Å². The molecule has 1 unspecified atom stereocenters. The predicted molar refractivity (Wildman–Crippen MR) is 66.6 cm³/mol. The standard InChI is InChI=1S/C14H11ClF2O/c1-8-2-4-10(15)7-11(8)14(18)9-3-5-12(16)13(17)6-9/h2-7,14,18H,1H3. The van der Waals surface area contributed by atoms with Crippen LogP contribution in [0.1, 0.15) is 22.8 Å². The zero-order valence-electron chi connectivity index (χ0n) is 9.62. The van der Waals surface area contributed by atoms with Crippen molar-refractivity contribution in [2.75, 3.05) is 0 Å². The molecule has 1 nitrogen and oxygen atoms in total. The monoisotopic (exact) mass is 268 g/mol. The molecule has 0 saturated carbocycles. The van der Waals surface area contributed by atoms with Gasteiger partial charge in [0.25, 0.3) is 0 Å². The second-order valence-corrected chi connectivity index (χ2v) is 4.51. The molecular weight excluding hydrogens is 258 g/mol. The van der Waals surface area contributed by atoms with E-state index in [-0.39, 0.29) is 0 Å². The molecule has 2 aromatic rings. The zero-order chi connectivity index (χ0) is 13.3. The van der Waals surface area contributed by atoms with E-state index in [1.54, 1.807) is 18.2 Å². The summed E-state index contributed by atoms with van der Waals surface area (Å²) in [6.45, 7) is 1.81. The number of hydrogen-bond donors (Lipinski definition) is 1. The second-order valence-electron chi connectivity index (χ2n) is 4.08. The molecule has 0 aromatic heterocycles. The summed E-state index contributed by atoms with van der Waals surface area (Å²) in [4.78, 5) is 0. The molecule has 0 radical (unpaired) electrons. The molecule has 0 heterocycles. The highest BCUT2D eigenvalue weighted by Crippen LogP contribution is 2.28. The Balaban J connectivity index is 2.44. The minimum atomic E-state index is -1.03. The van der Waals surface area contributed by atoms with Crippen LogP contribution < -0.4 is 0 Å². The largest absolute Gasteiger partial charge is 0.384 e.